The number of piperazine rings is 1. The van der Waals surface area contributed by atoms with Crippen LogP contribution in [0.4, 0.5) is 13.2 Å². The highest BCUT2D eigenvalue weighted by Crippen LogP contribution is 2.44. The van der Waals surface area contributed by atoms with E-state index < -0.39 is 51.7 Å². The first-order chi connectivity index (χ1) is 20.4. The molecular weight excluding hydrogens is 588 g/mol. The minimum absolute atomic E-state index is 0.0125. The van der Waals surface area contributed by atoms with Crippen LogP contribution in [0.15, 0.2) is 36.4 Å². The second kappa shape index (κ2) is 12.5. The number of carbonyl (C=O) groups excluding carboxylic acids is 2. The molecule has 5 rings (SSSR count). The molecule has 3 heterocycles. The van der Waals surface area contributed by atoms with E-state index >= 15 is 0 Å². The summed E-state index contributed by atoms with van der Waals surface area (Å²) in [5, 5.41) is 0. The fourth-order valence-corrected chi connectivity index (χ4v) is 7.14. The lowest BCUT2D eigenvalue weighted by molar-refractivity contribution is -0.148. The van der Waals surface area contributed by atoms with Crippen molar-refractivity contribution >= 4 is 21.8 Å². The molecule has 1 unspecified atom stereocenters. The highest BCUT2D eigenvalue weighted by atomic mass is 35.1. The minimum atomic E-state index is -3.62. The maximum Gasteiger partial charge on any atom is 0.250 e. The molecule has 3 aliphatic rings. The van der Waals surface area contributed by atoms with Gasteiger partial charge in [-0.2, -0.15) is 4.31 Å². The van der Waals surface area contributed by atoms with Crippen LogP contribution in [0.2, 0.25) is 0 Å². The van der Waals surface area contributed by atoms with Crippen LogP contribution in [0, 0.1) is 17.5 Å². The normalized spacial score (nSPS) is 19.9. The Morgan fingerprint density at radius 1 is 1.05 bits per heavy atom. The zero-order valence-corrected chi connectivity index (χ0v) is 25.2. The van der Waals surface area contributed by atoms with E-state index in [1.165, 1.54) is 17.0 Å². The lowest BCUT2D eigenvalue weighted by Gasteiger charge is -2.40. The van der Waals surface area contributed by atoms with Crippen LogP contribution in [0.1, 0.15) is 48.9 Å². The SMILES string of the molecule is CCN(CCCN1CCC2(CC1)OCc1ccc(F)cc12)C(=O)C(c1ccc(F)c(F)c1)N1CCN([35S](C)(=O)=O)CC1=O. The van der Waals surface area contributed by atoms with Crippen molar-refractivity contribution in [2.45, 2.75) is 44.4 Å². The number of likely N-dealkylation sites (N-methyl/N-ethyl adjacent to an activating group) is 1. The molecule has 13 heteroatoms. The number of piperidine rings is 1. The Kier molecular flexibility index (Phi) is 9.17. The summed E-state index contributed by atoms with van der Waals surface area (Å²) in [4.78, 5) is 32.1. The number of rotatable bonds is 9. The van der Waals surface area contributed by atoms with Gasteiger partial charge in [-0.1, -0.05) is 12.1 Å². The van der Waals surface area contributed by atoms with Crippen molar-refractivity contribution < 1.29 is 35.9 Å². The van der Waals surface area contributed by atoms with Crippen LogP contribution >= 0.6 is 0 Å². The summed E-state index contributed by atoms with van der Waals surface area (Å²) < 4.78 is 73.2. The number of carbonyl (C=O) groups is 2. The third-order valence-electron chi connectivity index (χ3n) is 8.82. The topological polar surface area (TPSA) is 90.5 Å². The maximum absolute atomic E-state index is 14.3. The Hall–Kier alpha value is -3.00. The zero-order valence-electron chi connectivity index (χ0n) is 24.4. The van der Waals surface area contributed by atoms with Crippen LogP contribution in [0.3, 0.4) is 0 Å². The molecule has 9 nitrogen and oxygen atoms in total. The van der Waals surface area contributed by atoms with Gasteiger partial charge in [0.15, 0.2) is 11.6 Å². The van der Waals surface area contributed by atoms with Crippen LogP contribution in [-0.4, -0.2) is 97.9 Å². The van der Waals surface area contributed by atoms with E-state index in [0.29, 0.717) is 32.7 Å². The predicted octanol–water partition coefficient (Wildman–Crippen LogP) is 3.01. The molecule has 1 atom stereocenters. The van der Waals surface area contributed by atoms with Crippen LogP contribution in [0.5, 0.6) is 0 Å². The van der Waals surface area contributed by atoms with E-state index in [4.69, 9.17) is 4.74 Å². The Morgan fingerprint density at radius 2 is 1.79 bits per heavy atom. The van der Waals surface area contributed by atoms with Gasteiger partial charge in [-0.25, -0.2) is 21.6 Å². The number of halogens is 3. The molecule has 0 N–H and O–H groups in total. The number of amides is 2. The third kappa shape index (κ3) is 6.59. The van der Waals surface area contributed by atoms with Crippen LogP contribution < -0.4 is 0 Å². The van der Waals surface area contributed by atoms with Gasteiger partial charge in [-0.15, -0.1) is 0 Å². The maximum atomic E-state index is 14.3. The predicted molar refractivity (Wildman–Crippen MR) is 153 cm³/mol. The number of likely N-dealkylation sites (tertiary alicyclic amines) is 1. The van der Waals surface area contributed by atoms with Gasteiger partial charge in [0, 0.05) is 39.3 Å². The number of fused-ring (bicyclic) bond motifs is 2. The minimum Gasteiger partial charge on any atom is -0.365 e. The molecule has 0 aromatic heterocycles. The van der Waals surface area contributed by atoms with E-state index in [1.807, 2.05) is 6.92 Å². The number of hydrogen-bond donors (Lipinski definition) is 0. The van der Waals surface area contributed by atoms with Gasteiger partial charge in [0.05, 0.1) is 25.0 Å². The molecule has 0 saturated carbocycles. The smallest absolute Gasteiger partial charge is 0.250 e. The van der Waals surface area contributed by atoms with Gasteiger partial charge in [0.2, 0.25) is 21.8 Å². The summed E-state index contributed by atoms with van der Waals surface area (Å²) in [6, 6.07) is 6.72. The molecule has 1 spiro atoms. The lowest BCUT2D eigenvalue weighted by atomic mass is 9.83. The first-order valence-corrected chi connectivity index (χ1v) is 16.4. The van der Waals surface area contributed by atoms with Crippen LogP contribution in [0.25, 0.3) is 0 Å². The van der Waals surface area contributed by atoms with Crippen molar-refractivity contribution in [3.8, 4) is 0 Å². The van der Waals surface area contributed by atoms with Crippen molar-refractivity contribution in [1.29, 1.82) is 0 Å². The summed E-state index contributed by atoms with van der Waals surface area (Å²) in [5.41, 5.74) is 1.62. The lowest BCUT2D eigenvalue weighted by Crippen LogP contribution is -2.55. The number of sulfonamides is 1. The van der Waals surface area contributed by atoms with E-state index in [-0.39, 0.29) is 24.5 Å². The number of ether oxygens (including phenoxy) is 1. The van der Waals surface area contributed by atoms with Gasteiger partial charge < -0.3 is 19.4 Å². The van der Waals surface area contributed by atoms with E-state index in [2.05, 4.69) is 4.90 Å². The standard InChI is InChI=1S/C30H37F3N4O5S/c1-3-35(12-4-11-34-13-9-30(10-14-34)24-18-23(31)7-5-22(24)20-42-30)29(39)28(21-6-8-25(32)26(33)17-21)37-16-15-36(19-27(37)38)43(2,40)41/h5-8,17-18,28H,3-4,9-16,19-20H2,1-2H3/i43+3. The van der Waals surface area contributed by atoms with Crippen molar-refractivity contribution in [3.05, 3.63) is 70.5 Å². The average molecular weight is 626 g/mol. The average Bonchev–Trinajstić information content (AvgIpc) is 3.31. The van der Waals surface area contributed by atoms with Gasteiger partial charge in [-0.3, -0.25) is 9.59 Å². The van der Waals surface area contributed by atoms with Crippen molar-refractivity contribution in [1.82, 2.24) is 19.0 Å². The molecule has 2 saturated heterocycles. The van der Waals surface area contributed by atoms with E-state index in [0.717, 1.165) is 59.8 Å². The van der Waals surface area contributed by atoms with E-state index in [1.54, 1.807) is 17.0 Å². The van der Waals surface area contributed by atoms with Gasteiger partial charge >= 0.3 is 0 Å². The summed E-state index contributed by atoms with van der Waals surface area (Å²) in [7, 11) is -3.62. The largest absolute Gasteiger partial charge is 0.365 e. The van der Waals surface area contributed by atoms with Gasteiger partial charge in [0.1, 0.15) is 11.9 Å². The van der Waals surface area contributed by atoms with Crippen molar-refractivity contribution in [3.63, 3.8) is 0 Å². The Balaban J connectivity index is 1.24. The van der Waals surface area contributed by atoms with Crippen molar-refractivity contribution in [2.24, 2.45) is 0 Å². The fraction of sp³-hybridized carbons (Fsp3) is 0.533. The molecule has 2 aromatic rings. The highest BCUT2D eigenvalue weighted by Gasteiger charge is 2.43. The molecule has 2 amide bonds. The summed E-state index contributed by atoms with van der Waals surface area (Å²) >= 11 is 0. The fourth-order valence-electron chi connectivity index (χ4n) is 6.39. The van der Waals surface area contributed by atoms with Crippen molar-refractivity contribution in [2.75, 3.05) is 58.6 Å². The molecular formula is C30H37F3N4O5S. The first-order valence-electron chi connectivity index (χ1n) is 14.6. The monoisotopic (exact) mass is 625 g/mol. The quantitative estimate of drug-likeness (QED) is 0.426. The number of benzene rings is 2. The molecule has 0 aliphatic carbocycles. The molecule has 0 bridgehead atoms. The summed E-state index contributed by atoms with van der Waals surface area (Å²) in [5.74, 6) is -3.51. The second-order valence-corrected chi connectivity index (χ2v) is 13.4. The van der Waals surface area contributed by atoms with Crippen LogP contribution in [-0.2, 0) is 36.6 Å². The molecule has 3 aliphatic heterocycles. The highest BCUT2D eigenvalue weighted by molar-refractivity contribution is 7.88. The summed E-state index contributed by atoms with van der Waals surface area (Å²) in [6.07, 6.45) is 3.12. The molecule has 2 fully saturated rings. The van der Waals surface area contributed by atoms with Gasteiger partial charge in [0.25, 0.3) is 0 Å². The third-order valence-corrected chi connectivity index (χ3v) is 10.1. The second-order valence-electron chi connectivity index (χ2n) is 11.5. The van der Waals surface area contributed by atoms with Gasteiger partial charge in [-0.05, 0) is 73.7 Å². The summed E-state index contributed by atoms with van der Waals surface area (Å²) in [6.45, 7) is 4.70. The molecule has 234 valence electrons. The Morgan fingerprint density at radius 3 is 2.44 bits per heavy atom. The number of hydrogen-bond acceptors (Lipinski definition) is 6. The molecule has 43 heavy (non-hydrogen) atoms. The Bertz CT molecular complexity index is 1480. The molecule has 0 radical (unpaired) electrons. The Labute approximate surface area is 250 Å². The molecule has 2 aromatic carbocycles. The number of nitrogens with zero attached hydrogens (tertiary/aromatic N) is 4. The van der Waals surface area contributed by atoms with E-state index in [9.17, 15) is 31.2 Å². The first kappa shape index (κ1) is 31.4. The zero-order chi connectivity index (χ0) is 30.9.